The first-order valence-electron chi connectivity index (χ1n) is 9.14. The Morgan fingerprint density at radius 1 is 1.28 bits per heavy atom. The number of likely N-dealkylation sites (tertiary alicyclic amines) is 1. The Morgan fingerprint density at radius 2 is 2.08 bits per heavy atom. The van der Waals surface area contributed by atoms with Crippen molar-refractivity contribution in [3.05, 3.63) is 30.9 Å². The van der Waals surface area contributed by atoms with Gasteiger partial charge in [-0.05, 0) is 18.8 Å². The molecule has 0 saturated carbocycles. The zero-order chi connectivity index (χ0) is 18.0. The lowest BCUT2D eigenvalue weighted by Gasteiger charge is -2.37. The third kappa shape index (κ3) is 3.60. The zero-order valence-electron chi connectivity index (χ0n) is 15.5. The standard InChI is InChI=1S/C18H28N6O/c1-13(2)16(24-12-19-11-21-24)18(25)22-8-5-6-15(10-22)23-9-7-20-17(23)14(3)4/h7,9,11-16H,5-6,8,10H2,1-4H3/t15-,16-/m1/s1. The highest BCUT2D eigenvalue weighted by Crippen LogP contribution is 2.28. The molecule has 1 aliphatic heterocycles. The van der Waals surface area contributed by atoms with Gasteiger partial charge in [0.15, 0.2) is 0 Å². The van der Waals surface area contributed by atoms with E-state index in [9.17, 15) is 4.79 Å². The van der Waals surface area contributed by atoms with E-state index >= 15 is 0 Å². The summed E-state index contributed by atoms with van der Waals surface area (Å²) in [6.45, 7) is 9.96. The first-order valence-corrected chi connectivity index (χ1v) is 9.14. The highest BCUT2D eigenvalue weighted by atomic mass is 16.2. The van der Waals surface area contributed by atoms with Crippen LogP contribution in [-0.4, -0.2) is 48.2 Å². The summed E-state index contributed by atoms with van der Waals surface area (Å²) in [5.74, 6) is 1.76. The monoisotopic (exact) mass is 344 g/mol. The summed E-state index contributed by atoms with van der Waals surface area (Å²) in [6, 6.07) is -0.00485. The van der Waals surface area contributed by atoms with Crippen LogP contribution < -0.4 is 0 Å². The molecule has 7 heteroatoms. The number of piperidine rings is 1. The van der Waals surface area contributed by atoms with Crippen LogP contribution in [0, 0.1) is 5.92 Å². The Bertz CT molecular complexity index is 690. The lowest BCUT2D eigenvalue weighted by atomic mass is 9.99. The van der Waals surface area contributed by atoms with Crippen molar-refractivity contribution in [2.45, 2.75) is 58.5 Å². The molecule has 1 fully saturated rings. The van der Waals surface area contributed by atoms with Crippen molar-refractivity contribution in [1.82, 2.24) is 29.2 Å². The van der Waals surface area contributed by atoms with Crippen molar-refractivity contribution in [2.75, 3.05) is 13.1 Å². The quantitative estimate of drug-likeness (QED) is 0.836. The fraction of sp³-hybridized carbons (Fsp3) is 0.667. The molecular formula is C18H28N6O. The largest absolute Gasteiger partial charge is 0.339 e. The van der Waals surface area contributed by atoms with Crippen molar-refractivity contribution < 1.29 is 4.79 Å². The summed E-state index contributed by atoms with van der Waals surface area (Å²) in [5, 5.41) is 4.20. The second-order valence-electron chi connectivity index (χ2n) is 7.49. The molecule has 7 nitrogen and oxygen atoms in total. The SMILES string of the molecule is CC(C)c1nccn1[C@@H]1CCCN(C(=O)[C@@H](C(C)C)n2cncn2)C1. The molecule has 0 unspecified atom stereocenters. The van der Waals surface area contributed by atoms with E-state index < -0.39 is 0 Å². The van der Waals surface area contributed by atoms with Crippen LogP contribution in [0.3, 0.4) is 0 Å². The fourth-order valence-corrected chi connectivity index (χ4v) is 3.71. The molecule has 0 spiro atoms. The zero-order valence-corrected chi connectivity index (χ0v) is 15.5. The Kier molecular flexibility index (Phi) is 5.20. The molecule has 0 aromatic carbocycles. The summed E-state index contributed by atoms with van der Waals surface area (Å²) in [7, 11) is 0. The van der Waals surface area contributed by atoms with Gasteiger partial charge < -0.3 is 9.47 Å². The number of hydrogen-bond donors (Lipinski definition) is 0. The smallest absolute Gasteiger partial charge is 0.247 e. The maximum absolute atomic E-state index is 13.2. The molecule has 1 saturated heterocycles. The lowest BCUT2D eigenvalue weighted by Crippen LogP contribution is -2.45. The van der Waals surface area contributed by atoms with Crippen molar-refractivity contribution in [1.29, 1.82) is 0 Å². The first kappa shape index (κ1) is 17.6. The Morgan fingerprint density at radius 3 is 2.72 bits per heavy atom. The Hall–Kier alpha value is -2.18. The van der Waals surface area contributed by atoms with Crippen LogP contribution in [-0.2, 0) is 4.79 Å². The van der Waals surface area contributed by atoms with Gasteiger partial charge in [-0.25, -0.2) is 14.6 Å². The van der Waals surface area contributed by atoms with Crippen LogP contribution in [0.5, 0.6) is 0 Å². The van der Waals surface area contributed by atoms with Crippen molar-refractivity contribution in [3.63, 3.8) is 0 Å². The number of amides is 1. The number of imidazole rings is 1. The number of carbonyl (C=O) groups excluding carboxylic acids is 1. The third-order valence-electron chi connectivity index (χ3n) is 4.92. The van der Waals surface area contributed by atoms with E-state index in [0.29, 0.717) is 12.0 Å². The second kappa shape index (κ2) is 7.37. The van der Waals surface area contributed by atoms with Gasteiger partial charge in [-0.15, -0.1) is 0 Å². The maximum Gasteiger partial charge on any atom is 0.247 e. The van der Waals surface area contributed by atoms with Crippen molar-refractivity contribution >= 4 is 5.91 Å². The molecule has 0 N–H and O–H groups in total. The van der Waals surface area contributed by atoms with E-state index in [4.69, 9.17) is 0 Å². The van der Waals surface area contributed by atoms with Crippen molar-refractivity contribution in [3.8, 4) is 0 Å². The normalized spacial score (nSPS) is 19.6. The lowest BCUT2D eigenvalue weighted by molar-refractivity contribution is -0.138. The highest BCUT2D eigenvalue weighted by molar-refractivity contribution is 5.80. The van der Waals surface area contributed by atoms with Gasteiger partial charge in [-0.2, -0.15) is 5.10 Å². The van der Waals surface area contributed by atoms with E-state index in [1.54, 1.807) is 11.0 Å². The molecule has 1 aliphatic rings. The number of rotatable bonds is 5. The van der Waals surface area contributed by atoms with Crippen LogP contribution in [0.25, 0.3) is 0 Å². The molecule has 0 aliphatic carbocycles. The van der Waals surface area contributed by atoms with Crippen LogP contribution in [0.1, 0.15) is 64.4 Å². The first-order chi connectivity index (χ1) is 12.0. The number of aromatic nitrogens is 5. The summed E-state index contributed by atoms with van der Waals surface area (Å²) in [4.78, 5) is 23.7. The number of hydrogen-bond acceptors (Lipinski definition) is 4. The van der Waals surface area contributed by atoms with Crippen LogP contribution in [0.2, 0.25) is 0 Å². The number of nitrogens with zero attached hydrogens (tertiary/aromatic N) is 6. The minimum absolute atomic E-state index is 0.136. The molecule has 2 atom stereocenters. The average Bonchev–Trinajstić information content (AvgIpc) is 3.26. The number of carbonyl (C=O) groups is 1. The third-order valence-corrected chi connectivity index (χ3v) is 4.92. The molecule has 2 aromatic heterocycles. The highest BCUT2D eigenvalue weighted by Gasteiger charge is 2.33. The second-order valence-corrected chi connectivity index (χ2v) is 7.49. The molecule has 0 bridgehead atoms. The summed E-state index contributed by atoms with van der Waals surface area (Å²) in [5.41, 5.74) is 0. The minimum atomic E-state index is -0.298. The van der Waals surface area contributed by atoms with Gasteiger partial charge in [-0.3, -0.25) is 4.79 Å². The van der Waals surface area contributed by atoms with Gasteiger partial charge >= 0.3 is 0 Å². The van der Waals surface area contributed by atoms with E-state index in [2.05, 4.69) is 47.3 Å². The van der Waals surface area contributed by atoms with Gasteiger partial charge in [-0.1, -0.05) is 27.7 Å². The van der Waals surface area contributed by atoms with Gasteiger partial charge in [0.1, 0.15) is 24.5 Å². The predicted octanol–water partition coefficient (Wildman–Crippen LogP) is 2.66. The Balaban J connectivity index is 1.78. The average molecular weight is 344 g/mol. The molecule has 2 aromatic rings. The fourth-order valence-electron chi connectivity index (χ4n) is 3.71. The molecule has 1 amide bonds. The van der Waals surface area contributed by atoms with Gasteiger partial charge in [0.25, 0.3) is 0 Å². The van der Waals surface area contributed by atoms with Crippen LogP contribution >= 0.6 is 0 Å². The Labute approximate surface area is 149 Å². The molecule has 3 rings (SSSR count). The van der Waals surface area contributed by atoms with Crippen molar-refractivity contribution in [2.24, 2.45) is 5.92 Å². The van der Waals surface area contributed by atoms with Crippen LogP contribution in [0.15, 0.2) is 25.0 Å². The molecule has 136 valence electrons. The van der Waals surface area contributed by atoms with E-state index in [-0.39, 0.29) is 17.9 Å². The van der Waals surface area contributed by atoms with Gasteiger partial charge in [0, 0.05) is 31.4 Å². The predicted molar refractivity (Wildman–Crippen MR) is 95.1 cm³/mol. The minimum Gasteiger partial charge on any atom is -0.339 e. The van der Waals surface area contributed by atoms with Crippen LogP contribution in [0.4, 0.5) is 0 Å². The van der Waals surface area contributed by atoms with Gasteiger partial charge in [0.2, 0.25) is 5.91 Å². The van der Waals surface area contributed by atoms with Gasteiger partial charge in [0.05, 0.1) is 6.04 Å². The van der Waals surface area contributed by atoms with E-state index in [1.807, 2.05) is 17.3 Å². The topological polar surface area (TPSA) is 68.8 Å². The molecular weight excluding hydrogens is 316 g/mol. The summed E-state index contributed by atoms with van der Waals surface area (Å²) < 4.78 is 3.94. The summed E-state index contributed by atoms with van der Waals surface area (Å²) >= 11 is 0. The molecule has 0 radical (unpaired) electrons. The summed E-state index contributed by atoms with van der Waals surface area (Å²) in [6.07, 6.45) is 9.12. The molecule has 3 heterocycles. The van der Waals surface area contributed by atoms with E-state index in [1.165, 1.54) is 6.33 Å². The maximum atomic E-state index is 13.2. The molecule has 25 heavy (non-hydrogen) atoms. The van der Waals surface area contributed by atoms with E-state index in [0.717, 1.165) is 31.8 Å².